The Bertz CT molecular complexity index is 1060. The predicted octanol–water partition coefficient (Wildman–Crippen LogP) is 4.32. The van der Waals surface area contributed by atoms with Crippen molar-refractivity contribution in [3.63, 3.8) is 0 Å². The Morgan fingerprint density at radius 2 is 1.61 bits per heavy atom. The molecule has 10 heteroatoms. The van der Waals surface area contributed by atoms with Crippen LogP contribution in [0.3, 0.4) is 0 Å². The first-order valence-electron chi connectivity index (χ1n) is 9.18. The van der Waals surface area contributed by atoms with Crippen LogP contribution in [0.15, 0.2) is 48.5 Å². The van der Waals surface area contributed by atoms with Crippen molar-refractivity contribution in [1.82, 2.24) is 14.8 Å². The van der Waals surface area contributed by atoms with Crippen LogP contribution in [-0.2, 0) is 24.6 Å². The molecule has 0 atom stereocenters. The Balaban J connectivity index is 1.65. The average Bonchev–Trinajstić information content (AvgIpc) is 3.07. The molecule has 0 unspecified atom stereocenters. The zero-order valence-corrected chi connectivity index (χ0v) is 17.0. The van der Waals surface area contributed by atoms with Gasteiger partial charge >= 0.3 is 12.1 Å². The maximum absolute atomic E-state index is 12.7. The summed E-state index contributed by atoms with van der Waals surface area (Å²) in [6, 6.07) is 11.0. The van der Waals surface area contributed by atoms with Crippen LogP contribution in [0.1, 0.15) is 25.2 Å². The average molecular weight is 435 g/mol. The lowest BCUT2D eigenvalue weighted by Gasteiger charge is -2.21. The van der Waals surface area contributed by atoms with E-state index < -0.39 is 23.3 Å². The molecule has 1 aromatic heterocycles. The SMILES string of the molecule is Cn1nc(-c2ccc(C(F)(F)F)cc2)nc1COc1ccc(OC(C)(C)C(=O)O)cc1. The summed E-state index contributed by atoms with van der Waals surface area (Å²) in [5, 5.41) is 13.3. The number of aromatic nitrogens is 3. The fourth-order valence-corrected chi connectivity index (χ4v) is 2.56. The Kier molecular flexibility index (Phi) is 5.92. The molecule has 3 rings (SSSR count). The second kappa shape index (κ2) is 8.29. The van der Waals surface area contributed by atoms with E-state index in [0.717, 1.165) is 12.1 Å². The molecule has 3 aromatic rings. The van der Waals surface area contributed by atoms with Gasteiger partial charge in [-0.25, -0.2) is 14.5 Å². The van der Waals surface area contributed by atoms with Crippen molar-refractivity contribution < 1.29 is 32.5 Å². The van der Waals surface area contributed by atoms with Gasteiger partial charge in [-0.05, 0) is 50.2 Å². The van der Waals surface area contributed by atoms with E-state index in [9.17, 15) is 18.0 Å². The topological polar surface area (TPSA) is 86.5 Å². The summed E-state index contributed by atoms with van der Waals surface area (Å²) in [6.45, 7) is 2.97. The van der Waals surface area contributed by atoms with Crippen LogP contribution in [0.25, 0.3) is 11.4 Å². The highest BCUT2D eigenvalue weighted by Crippen LogP contribution is 2.30. The Morgan fingerprint density at radius 3 is 2.16 bits per heavy atom. The number of nitrogens with zero attached hydrogens (tertiary/aromatic N) is 3. The minimum atomic E-state index is -4.40. The number of aryl methyl sites for hydroxylation is 1. The molecule has 0 saturated heterocycles. The van der Waals surface area contributed by atoms with Crippen molar-refractivity contribution in [2.45, 2.75) is 32.2 Å². The smallest absolute Gasteiger partial charge is 0.416 e. The minimum absolute atomic E-state index is 0.0744. The molecule has 0 bridgehead atoms. The second-order valence-corrected chi connectivity index (χ2v) is 7.23. The molecule has 0 aliphatic heterocycles. The second-order valence-electron chi connectivity index (χ2n) is 7.23. The largest absolute Gasteiger partial charge is 0.486 e. The number of benzene rings is 2. The Labute approximate surface area is 176 Å². The molecular formula is C21H20F3N3O4. The highest BCUT2D eigenvalue weighted by atomic mass is 19.4. The van der Waals surface area contributed by atoms with Gasteiger partial charge in [0.05, 0.1) is 5.56 Å². The van der Waals surface area contributed by atoms with Crippen molar-refractivity contribution in [1.29, 1.82) is 0 Å². The van der Waals surface area contributed by atoms with Crippen molar-refractivity contribution >= 4 is 5.97 Å². The van der Waals surface area contributed by atoms with Gasteiger partial charge in [-0.2, -0.15) is 18.3 Å². The van der Waals surface area contributed by atoms with Crippen LogP contribution in [0.4, 0.5) is 13.2 Å². The third-order valence-electron chi connectivity index (χ3n) is 4.40. The van der Waals surface area contributed by atoms with Gasteiger partial charge < -0.3 is 14.6 Å². The van der Waals surface area contributed by atoms with E-state index in [4.69, 9.17) is 14.6 Å². The lowest BCUT2D eigenvalue weighted by molar-refractivity contribution is -0.152. The van der Waals surface area contributed by atoms with Gasteiger partial charge in [0.15, 0.2) is 17.2 Å². The molecule has 0 radical (unpaired) electrons. The number of carboxylic acid groups (broad SMARTS) is 1. The van der Waals surface area contributed by atoms with Gasteiger partial charge in [0.25, 0.3) is 0 Å². The quantitative estimate of drug-likeness (QED) is 0.595. The van der Waals surface area contributed by atoms with Crippen LogP contribution in [0.5, 0.6) is 11.5 Å². The molecule has 0 spiro atoms. The lowest BCUT2D eigenvalue weighted by atomic mass is 10.1. The molecule has 1 N–H and O–H groups in total. The van der Waals surface area contributed by atoms with E-state index in [-0.39, 0.29) is 12.4 Å². The predicted molar refractivity (Wildman–Crippen MR) is 105 cm³/mol. The Morgan fingerprint density at radius 1 is 1.03 bits per heavy atom. The minimum Gasteiger partial charge on any atom is -0.486 e. The molecule has 31 heavy (non-hydrogen) atoms. The number of carboxylic acids is 1. The van der Waals surface area contributed by atoms with E-state index in [2.05, 4.69) is 10.1 Å². The maximum atomic E-state index is 12.7. The zero-order valence-electron chi connectivity index (χ0n) is 17.0. The van der Waals surface area contributed by atoms with E-state index in [1.807, 2.05) is 0 Å². The van der Waals surface area contributed by atoms with Gasteiger partial charge in [-0.3, -0.25) is 0 Å². The van der Waals surface area contributed by atoms with Crippen molar-refractivity contribution in [2.75, 3.05) is 0 Å². The fourth-order valence-electron chi connectivity index (χ4n) is 2.56. The molecular weight excluding hydrogens is 415 g/mol. The van der Waals surface area contributed by atoms with Crippen molar-refractivity contribution in [2.24, 2.45) is 7.05 Å². The first-order chi connectivity index (χ1) is 14.5. The summed E-state index contributed by atoms with van der Waals surface area (Å²) in [7, 11) is 1.66. The monoisotopic (exact) mass is 435 g/mol. The van der Waals surface area contributed by atoms with Gasteiger partial charge in [0.2, 0.25) is 0 Å². The third-order valence-corrected chi connectivity index (χ3v) is 4.40. The van der Waals surface area contributed by atoms with E-state index >= 15 is 0 Å². The van der Waals surface area contributed by atoms with Crippen LogP contribution >= 0.6 is 0 Å². The highest BCUT2D eigenvalue weighted by Gasteiger charge is 2.30. The molecule has 0 fully saturated rings. The first-order valence-corrected chi connectivity index (χ1v) is 9.18. The van der Waals surface area contributed by atoms with Crippen LogP contribution in [0.2, 0.25) is 0 Å². The number of halogens is 3. The summed E-state index contributed by atoms with van der Waals surface area (Å²) >= 11 is 0. The molecule has 2 aromatic carbocycles. The van der Waals surface area contributed by atoms with E-state index in [1.165, 1.54) is 30.7 Å². The molecule has 0 aliphatic rings. The fraction of sp³-hybridized carbons (Fsp3) is 0.286. The standard InChI is InChI=1S/C21H20F3N3O4/c1-20(2,19(28)29)31-16-10-8-15(9-11-16)30-12-17-25-18(26-27(17)3)13-4-6-14(7-5-13)21(22,23)24/h4-11H,12H2,1-3H3,(H,28,29). The van der Waals surface area contributed by atoms with Gasteiger partial charge in [-0.15, -0.1) is 0 Å². The van der Waals surface area contributed by atoms with Crippen LogP contribution in [-0.4, -0.2) is 31.4 Å². The van der Waals surface area contributed by atoms with Crippen LogP contribution in [0, 0.1) is 0 Å². The molecule has 164 valence electrons. The lowest BCUT2D eigenvalue weighted by Crippen LogP contribution is -2.37. The number of hydrogen-bond acceptors (Lipinski definition) is 5. The van der Waals surface area contributed by atoms with Crippen molar-refractivity contribution in [3.05, 3.63) is 59.9 Å². The van der Waals surface area contributed by atoms with Gasteiger partial charge in [-0.1, -0.05) is 12.1 Å². The summed E-state index contributed by atoms with van der Waals surface area (Å²) in [6.07, 6.45) is -4.40. The number of alkyl halides is 3. The van der Waals surface area contributed by atoms with Gasteiger partial charge in [0.1, 0.15) is 18.1 Å². The normalized spacial score (nSPS) is 11.9. The summed E-state index contributed by atoms with van der Waals surface area (Å²) < 4.78 is 50.7. The highest BCUT2D eigenvalue weighted by molar-refractivity contribution is 5.76. The summed E-state index contributed by atoms with van der Waals surface area (Å²) in [5.41, 5.74) is -1.65. The maximum Gasteiger partial charge on any atom is 0.416 e. The zero-order chi connectivity index (χ0) is 22.8. The molecule has 0 aliphatic carbocycles. The Hall–Kier alpha value is -3.56. The van der Waals surface area contributed by atoms with Gasteiger partial charge in [0, 0.05) is 12.6 Å². The molecule has 0 amide bonds. The summed E-state index contributed by atoms with van der Waals surface area (Å²) in [4.78, 5) is 15.5. The molecule has 7 nitrogen and oxygen atoms in total. The summed E-state index contributed by atoms with van der Waals surface area (Å²) in [5.74, 6) is 0.554. The molecule has 0 saturated carbocycles. The number of hydrogen-bond donors (Lipinski definition) is 1. The van der Waals surface area contributed by atoms with Crippen LogP contribution < -0.4 is 9.47 Å². The van der Waals surface area contributed by atoms with E-state index in [0.29, 0.717) is 22.9 Å². The van der Waals surface area contributed by atoms with E-state index in [1.54, 1.807) is 31.3 Å². The number of ether oxygens (including phenoxy) is 2. The number of aliphatic carboxylic acids is 1. The van der Waals surface area contributed by atoms with Crippen molar-refractivity contribution in [3.8, 4) is 22.9 Å². The third kappa shape index (κ3) is 5.33. The number of rotatable bonds is 7. The number of carbonyl (C=O) groups is 1. The molecule has 1 heterocycles. The first kappa shape index (κ1) is 22.1.